The van der Waals surface area contributed by atoms with Gasteiger partial charge < -0.3 is 15.0 Å². The van der Waals surface area contributed by atoms with E-state index in [0.29, 0.717) is 34.7 Å². The second-order valence-electron chi connectivity index (χ2n) is 10.2. The van der Waals surface area contributed by atoms with Crippen LogP contribution >= 0.6 is 11.6 Å². The molecule has 0 fully saturated rings. The molecule has 13 heteroatoms. The van der Waals surface area contributed by atoms with Crippen molar-refractivity contribution in [3.8, 4) is 5.75 Å². The minimum atomic E-state index is -4.87. The first-order chi connectivity index (χ1) is 20.7. The molecule has 0 aliphatic rings. The van der Waals surface area contributed by atoms with Crippen LogP contribution in [0.4, 0.5) is 18.9 Å². The number of amides is 2. The molecular formula is C31H35ClF3N3O5S. The Morgan fingerprint density at radius 3 is 2.30 bits per heavy atom. The molecule has 1 N–H and O–H groups in total. The molecule has 0 aliphatic carbocycles. The summed E-state index contributed by atoms with van der Waals surface area (Å²) < 4.78 is 72.6. The van der Waals surface area contributed by atoms with E-state index in [-0.39, 0.29) is 13.0 Å². The van der Waals surface area contributed by atoms with E-state index in [1.54, 1.807) is 48.5 Å². The van der Waals surface area contributed by atoms with E-state index in [9.17, 15) is 31.2 Å². The summed E-state index contributed by atoms with van der Waals surface area (Å²) in [5.74, 6) is -0.746. The lowest BCUT2D eigenvalue weighted by Gasteiger charge is -2.33. The van der Waals surface area contributed by atoms with Crippen LogP contribution in [0, 0.1) is 0 Å². The van der Waals surface area contributed by atoms with Gasteiger partial charge >= 0.3 is 6.18 Å². The minimum Gasteiger partial charge on any atom is -0.497 e. The van der Waals surface area contributed by atoms with Gasteiger partial charge in [0, 0.05) is 19.5 Å². The normalized spacial score (nSPS) is 12.3. The molecule has 3 rings (SSSR count). The lowest BCUT2D eigenvalue weighted by molar-refractivity contribution is -0.140. The maximum absolute atomic E-state index is 14.1. The second-order valence-corrected chi connectivity index (χ2v) is 12.5. The van der Waals surface area contributed by atoms with Crippen LogP contribution < -0.4 is 14.4 Å². The highest BCUT2D eigenvalue weighted by Crippen LogP contribution is 2.37. The summed E-state index contributed by atoms with van der Waals surface area (Å²) in [7, 11) is -2.79. The summed E-state index contributed by atoms with van der Waals surface area (Å²) in [6.45, 7) is 1.35. The van der Waals surface area contributed by atoms with Crippen LogP contribution in [0.15, 0.2) is 72.8 Å². The molecule has 0 aliphatic heterocycles. The monoisotopic (exact) mass is 653 g/mol. The summed E-state index contributed by atoms with van der Waals surface area (Å²) in [6.07, 6.45) is -2.45. The predicted octanol–water partition coefficient (Wildman–Crippen LogP) is 5.69. The van der Waals surface area contributed by atoms with Gasteiger partial charge in [-0.3, -0.25) is 13.9 Å². The minimum absolute atomic E-state index is 0.104. The predicted molar refractivity (Wildman–Crippen MR) is 164 cm³/mol. The van der Waals surface area contributed by atoms with Crippen molar-refractivity contribution in [3.63, 3.8) is 0 Å². The fraction of sp³-hybridized carbons (Fsp3) is 0.355. The van der Waals surface area contributed by atoms with E-state index >= 15 is 0 Å². The van der Waals surface area contributed by atoms with Crippen LogP contribution in [-0.2, 0) is 38.8 Å². The molecule has 3 aromatic carbocycles. The molecule has 3 aromatic rings. The number of unbranched alkanes of at least 4 members (excludes halogenated alkanes) is 1. The number of benzene rings is 3. The fourth-order valence-electron chi connectivity index (χ4n) is 4.53. The van der Waals surface area contributed by atoms with Crippen LogP contribution in [0.2, 0.25) is 5.02 Å². The van der Waals surface area contributed by atoms with Crippen molar-refractivity contribution < 1.29 is 35.9 Å². The number of anilines is 1. The molecule has 8 nitrogen and oxygen atoms in total. The lowest BCUT2D eigenvalue weighted by Crippen LogP contribution is -2.53. The van der Waals surface area contributed by atoms with E-state index in [1.807, 2.05) is 13.0 Å². The molecule has 0 heterocycles. The lowest BCUT2D eigenvalue weighted by atomic mass is 10.0. The Balaban J connectivity index is 2.10. The van der Waals surface area contributed by atoms with Crippen molar-refractivity contribution in [2.75, 3.05) is 30.8 Å². The molecule has 0 unspecified atom stereocenters. The van der Waals surface area contributed by atoms with E-state index in [4.69, 9.17) is 16.3 Å². The van der Waals surface area contributed by atoms with Gasteiger partial charge in [-0.1, -0.05) is 67.4 Å². The van der Waals surface area contributed by atoms with Crippen molar-refractivity contribution >= 4 is 39.1 Å². The third-order valence-electron chi connectivity index (χ3n) is 6.81. The van der Waals surface area contributed by atoms with Gasteiger partial charge in [0.15, 0.2) is 0 Å². The summed E-state index contributed by atoms with van der Waals surface area (Å²) in [5, 5.41) is 2.25. The first-order valence-electron chi connectivity index (χ1n) is 13.8. The largest absolute Gasteiger partial charge is 0.497 e. The highest BCUT2D eigenvalue weighted by molar-refractivity contribution is 7.92. The number of carbonyl (C=O) groups is 2. The van der Waals surface area contributed by atoms with Gasteiger partial charge in [0.05, 0.1) is 29.6 Å². The number of nitrogens with zero attached hydrogens (tertiary/aromatic N) is 2. The molecule has 0 saturated carbocycles. The molecule has 2 amide bonds. The Morgan fingerprint density at radius 1 is 1.00 bits per heavy atom. The van der Waals surface area contributed by atoms with Gasteiger partial charge in [-0.15, -0.1) is 0 Å². The SMILES string of the molecule is CCCCNC(=O)[C@H](Cc1ccccc1)N(Cc1cccc(OC)c1)C(=O)CN(c1ccc(Cl)c(C(F)(F)F)c1)S(C)(=O)=O. The number of methoxy groups -OCH3 is 1. The van der Waals surface area contributed by atoms with Crippen LogP contribution in [-0.4, -0.2) is 57.6 Å². The first-order valence-corrected chi connectivity index (χ1v) is 16.1. The number of hydrogen-bond acceptors (Lipinski definition) is 5. The number of ether oxygens (including phenoxy) is 1. The molecule has 0 bridgehead atoms. The van der Waals surface area contributed by atoms with E-state index in [2.05, 4.69) is 5.32 Å². The van der Waals surface area contributed by atoms with Gasteiger partial charge in [-0.2, -0.15) is 13.2 Å². The number of sulfonamides is 1. The van der Waals surface area contributed by atoms with Crippen molar-refractivity contribution in [2.24, 2.45) is 0 Å². The van der Waals surface area contributed by atoms with E-state index in [0.717, 1.165) is 30.4 Å². The highest BCUT2D eigenvalue weighted by atomic mass is 35.5. The molecule has 0 spiro atoms. The van der Waals surface area contributed by atoms with Crippen LogP contribution in [0.3, 0.4) is 0 Å². The smallest absolute Gasteiger partial charge is 0.417 e. The summed E-state index contributed by atoms with van der Waals surface area (Å²) in [5.41, 5.74) is -0.304. The molecular weight excluding hydrogens is 619 g/mol. The standard InChI is InChI=1S/C31H35ClF3N3O5S/c1-4-5-16-36-30(40)28(18-22-10-7-6-8-11-22)37(20-23-12-9-13-25(17-23)43-2)29(39)21-38(44(3,41)42)24-14-15-27(32)26(19-24)31(33,34)35/h6-15,17,19,28H,4-5,16,18,20-21H2,1-3H3,(H,36,40)/t28-/m0/s1. The highest BCUT2D eigenvalue weighted by Gasteiger charge is 2.36. The molecule has 0 aromatic heterocycles. The zero-order chi connectivity index (χ0) is 32.5. The summed E-state index contributed by atoms with van der Waals surface area (Å²) in [4.78, 5) is 29.0. The topological polar surface area (TPSA) is 96.0 Å². The average Bonchev–Trinajstić information content (AvgIpc) is 2.97. The Hall–Kier alpha value is -3.77. The Morgan fingerprint density at radius 2 is 1.68 bits per heavy atom. The third kappa shape index (κ3) is 9.62. The van der Waals surface area contributed by atoms with Crippen molar-refractivity contribution in [1.82, 2.24) is 10.2 Å². The molecule has 44 heavy (non-hydrogen) atoms. The van der Waals surface area contributed by atoms with Gasteiger partial charge in [0.1, 0.15) is 18.3 Å². The molecule has 1 atom stereocenters. The molecule has 238 valence electrons. The maximum atomic E-state index is 14.1. The van der Waals surface area contributed by atoms with Gasteiger partial charge in [0.2, 0.25) is 21.8 Å². The number of halogens is 4. The van der Waals surface area contributed by atoms with Crippen LogP contribution in [0.1, 0.15) is 36.5 Å². The van der Waals surface area contributed by atoms with Crippen molar-refractivity contribution in [1.29, 1.82) is 0 Å². The quantitative estimate of drug-likeness (QED) is 0.226. The average molecular weight is 654 g/mol. The fourth-order valence-corrected chi connectivity index (χ4v) is 5.59. The number of alkyl halides is 3. The zero-order valence-electron chi connectivity index (χ0n) is 24.6. The van der Waals surface area contributed by atoms with Crippen LogP contribution in [0.5, 0.6) is 5.75 Å². The zero-order valence-corrected chi connectivity index (χ0v) is 26.2. The van der Waals surface area contributed by atoms with Gasteiger partial charge in [0.25, 0.3) is 0 Å². The maximum Gasteiger partial charge on any atom is 0.417 e. The van der Waals surface area contributed by atoms with Gasteiger partial charge in [-0.05, 0) is 47.9 Å². The van der Waals surface area contributed by atoms with Crippen molar-refractivity contribution in [3.05, 3.63) is 94.5 Å². The summed E-state index contributed by atoms with van der Waals surface area (Å²) >= 11 is 5.76. The number of rotatable bonds is 14. The third-order valence-corrected chi connectivity index (χ3v) is 8.28. The Labute approximate surface area is 260 Å². The van der Waals surface area contributed by atoms with E-state index in [1.165, 1.54) is 12.0 Å². The number of carbonyl (C=O) groups excluding carboxylic acids is 2. The summed E-state index contributed by atoms with van der Waals surface area (Å²) in [6, 6.07) is 17.3. The van der Waals surface area contributed by atoms with Crippen molar-refractivity contribution in [2.45, 2.75) is 44.9 Å². The first kappa shape index (κ1) is 34.7. The number of hydrogen-bond donors (Lipinski definition) is 1. The van der Waals surface area contributed by atoms with Gasteiger partial charge in [-0.25, -0.2) is 8.42 Å². The van der Waals surface area contributed by atoms with Crippen LogP contribution in [0.25, 0.3) is 0 Å². The Bertz CT molecular complexity index is 1540. The van der Waals surface area contributed by atoms with E-state index < -0.39 is 56.9 Å². The Kier molecular flexibility index (Phi) is 12.1. The number of nitrogens with one attached hydrogen (secondary N) is 1. The molecule has 0 radical (unpaired) electrons. The molecule has 0 saturated heterocycles. The second kappa shape index (κ2) is 15.3.